The largest absolute Gasteiger partial charge is 0.317 e. The first kappa shape index (κ1) is 57.2. The van der Waals surface area contributed by atoms with Crippen molar-refractivity contribution in [2.45, 2.75) is 0 Å². The maximum Gasteiger partial charge on any atom is 0.238 e. The lowest BCUT2D eigenvalue weighted by atomic mass is 9.93. The number of para-hydroxylation sites is 4. The second-order valence-corrected chi connectivity index (χ2v) is 29.6. The van der Waals surface area contributed by atoms with Gasteiger partial charge in [-0.1, -0.05) is 255 Å². The van der Waals surface area contributed by atoms with E-state index in [0.29, 0.717) is 34.0 Å². The second-order valence-electron chi connectivity index (χ2n) is 27.5. The van der Waals surface area contributed by atoms with Crippen LogP contribution in [0.3, 0.4) is 0 Å². The molecule has 0 aliphatic carbocycles. The van der Waals surface area contributed by atoms with Crippen LogP contribution in [0.1, 0.15) is 5.56 Å². The topological polar surface area (TPSA) is 47.9 Å². The highest BCUT2D eigenvalue weighted by Gasteiger charge is 2.36. The summed E-state index contributed by atoms with van der Waals surface area (Å²) in [5, 5.41) is 35.9. The lowest BCUT2D eigenvalue weighted by Crippen LogP contribution is -2.14. The van der Waals surface area contributed by atoms with E-state index in [2.05, 4.69) is 340 Å². The normalized spacial score (nSPS) is 12.2. The van der Waals surface area contributed by atoms with Crippen molar-refractivity contribution in [3.8, 4) is 51.1 Å². The Hall–Kier alpha value is -13.6. The molecule has 478 valence electrons. The van der Waals surface area contributed by atoms with E-state index in [0.717, 1.165) is 171 Å². The second kappa shape index (κ2) is 21.5. The Morgan fingerprint density at radius 2 is 0.587 bits per heavy atom. The molecule has 0 bridgehead atoms. The highest BCUT2D eigenvalue weighted by atomic mass is 32.1. The number of fused-ring (bicyclic) bond motifs is 26. The molecule has 6 heterocycles. The third-order valence-electron chi connectivity index (χ3n) is 22.4. The van der Waals surface area contributed by atoms with E-state index in [4.69, 9.17) is 4.85 Å². The van der Waals surface area contributed by atoms with Gasteiger partial charge in [-0.15, -0.1) is 22.7 Å². The zero-order valence-electron chi connectivity index (χ0n) is 55.5. The number of nitriles is 1. The molecular formula is C96H52N6S2. The molecule has 6 nitrogen and oxygen atoms in total. The van der Waals surface area contributed by atoms with E-state index in [1.807, 2.05) is 0 Å². The molecular weight excluding hydrogens is 1300 g/mol. The molecule has 23 aromatic rings. The van der Waals surface area contributed by atoms with Crippen molar-refractivity contribution in [1.82, 2.24) is 18.3 Å². The summed E-state index contributed by atoms with van der Waals surface area (Å²) in [6.45, 7) is 10.7. The van der Waals surface area contributed by atoms with Crippen LogP contribution in [0.25, 0.3) is 221 Å². The molecule has 0 aliphatic rings. The van der Waals surface area contributed by atoms with Gasteiger partial charge in [-0.3, -0.25) is 0 Å². The number of hydrogen-bond donors (Lipinski definition) is 0. The maximum atomic E-state index is 13.7. The molecule has 0 N–H and O–H groups in total. The summed E-state index contributed by atoms with van der Waals surface area (Å²) in [6, 6.07) is 118. The lowest BCUT2D eigenvalue weighted by Gasteiger charge is -2.27. The summed E-state index contributed by atoms with van der Waals surface area (Å²) in [6.07, 6.45) is 0. The molecule has 23 rings (SSSR count). The van der Waals surface area contributed by atoms with Crippen LogP contribution in [-0.2, 0) is 0 Å². The summed E-state index contributed by atoms with van der Waals surface area (Å²) < 4.78 is 14.0. The molecule has 104 heavy (non-hydrogen) atoms. The van der Waals surface area contributed by atoms with E-state index in [-0.39, 0.29) is 0 Å². The molecule has 0 saturated carbocycles. The van der Waals surface area contributed by atoms with Crippen molar-refractivity contribution in [2.24, 2.45) is 0 Å². The Balaban J connectivity index is 0.989. The van der Waals surface area contributed by atoms with Crippen LogP contribution in [0.4, 0.5) is 5.69 Å². The SMILES string of the molecule is [C-]#[N+]c1c(-n2c3ccccc3c3ccccc32)c(-n2c3cc(-c4cc5ccccc5c5ccccc45)ccc3c3ccc4c5ccccc5sc4c32)c(C#N)c(-n2c3ccccc3c3ccccc32)c1-n1c2cc(-c3cc4ccccc4c4ccccc34)ccc2c2ccc3c4ccccc4sc3c21. The number of aromatic nitrogens is 4. The molecule has 0 fully saturated rings. The van der Waals surface area contributed by atoms with Crippen molar-refractivity contribution in [3.05, 3.63) is 332 Å². The van der Waals surface area contributed by atoms with Crippen molar-refractivity contribution in [1.29, 1.82) is 5.26 Å². The van der Waals surface area contributed by atoms with Gasteiger partial charge in [0.05, 0.1) is 82.9 Å². The lowest BCUT2D eigenvalue weighted by molar-refractivity contribution is 1.04. The Bertz CT molecular complexity index is 7330. The molecule has 0 radical (unpaired) electrons. The molecule has 0 amide bonds. The number of nitrogens with zero attached hydrogens (tertiary/aromatic N) is 6. The zero-order valence-corrected chi connectivity index (χ0v) is 57.2. The maximum absolute atomic E-state index is 13.7. The number of benzene rings is 17. The average molecular weight is 1350 g/mol. The van der Waals surface area contributed by atoms with Crippen LogP contribution < -0.4 is 0 Å². The standard InChI is InChI=1S/C96H52N6S2/c1-98-88-93(100-82-38-18-12-32-67(82)68-33-13-19-39-83(68)100)90(101-84-52-57(77-50-55-22-2-4-24-59(55)61-26-6-8-28-63(61)77)42-44-69(84)73-46-48-75-71-34-14-20-40-86(71)103-95(75)91(73)101)79(54-97)89(99-80-36-16-10-30-65(80)66-31-11-17-37-81(66)99)94(88)102-85-53-58(78-51-56-23-3-5-25-60(56)62-27-7-9-29-64(62)78)43-45-70(85)74-47-49-76-72-35-15-21-41-87(72)104-96(76)92(74)102/h2-53H. The Labute approximate surface area is 601 Å². The van der Waals surface area contributed by atoms with Gasteiger partial charge in [-0.25, -0.2) is 4.85 Å². The van der Waals surface area contributed by atoms with E-state index in [1.54, 1.807) is 22.7 Å². The molecule has 0 aliphatic heterocycles. The van der Waals surface area contributed by atoms with E-state index in [9.17, 15) is 11.8 Å². The van der Waals surface area contributed by atoms with Gasteiger partial charge >= 0.3 is 0 Å². The van der Waals surface area contributed by atoms with Crippen molar-refractivity contribution in [3.63, 3.8) is 0 Å². The first-order valence-corrected chi connectivity index (χ1v) is 36.8. The monoisotopic (exact) mass is 1350 g/mol. The third kappa shape index (κ3) is 7.69. The minimum absolute atomic E-state index is 0.385. The number of thiophene rings is 2. The Morgan fingerprint density at radius 1 is 0.269 bits per heavy atom. The highest BCUT2D eigenvalue weighted by molar-refractivity contribution is 7.27. The van der Waals surface area contributed by atoms with Crippen molar-refractivity contribution < 1.29 is 0 Å². The molecule has 8 heteroatoms. The Morgan fingerprint density at radius 3 is 1.02 bits per heavy atom. The van der Waals surface area contributed by atoms with Crippen LogP contribution in [-0.4, -0.2) is 18.3 Å². The molecule has 0 saturated heterocycles. The molecule has 0 unspecified atom stereocenters. The number of rotatable bonds is 6. The van der Waals surface area contributed by atoms with Crippen molar-refractivity contribution in [2.75, 3.05) is 0 Å². The minimum atomic E-state index is 0.385. The van der Waals surface area contributed by atoms with Gasteiger partial charge in [0.1, 0.15) is 11.6 Å². The predicted octanol–water partition coefficient (Wildman–Crippen LogP) is 27.2. The third-order valence-corrected chi connectivity index (χ3v) is 24.7. The van der Waals surface area contributed by atoms with Gasteiger partial charge in [-0.05, 0) is 126 Å². The predicted molar refractivity (Wildman–Crippen MR) is 441 cm³/mol. The van der Waals surface area contributed by atoms with Gasteiger partial charge in [0.2, 0.25) is 5.69 Å². The first-order valence-electron chi connectivity index (χ1n) is 35.1. The van der Waals surface area contributed by atoms with Gasteiger partial charge in [0, 0.05) is 74.0 Å². The smallest absolute Gasteiger partial charge is 0.238 e. The summed E-state index contributed by atoms with van der Waals surface area (Å²) in [4.78, 5) is 5.23. The summed E-state index contributed by atoms with van der Waals surface area (Å²) in [7, 11) is 0. The quantitative estimate of drug-likeness (QED) is 0.121. The summed E-state index contributed by atoms with van der Waals surface area (Å²) in [5.41, 5.74) is 14.9. The molecule has 17 aromatic carbocycles. The van der Waals surface area contributed by atoms with E-state index >= 15 is 0 Å². The van der Waals surface area contributed by atoms with Crippen LogP contribution in [0.15, 0.2) is 315 Å². The van der Waals surface area contributed by atoms with Crippen LogP contribution in [0.2, 0.25) is 0 Å². The van der Waals surface area contributed by atoms with Gasteiger partial charge < -0.3 is 18.3 Å². The van der Waals surface area contributed by atoms with Gasteiger partial charge in [-0.2, -0.15) is 5.26 Å². The number of hydrogen-bond acceptors (Lipinski definition) is 3. The first-order chi connectivity index (χ1) is 51.6. The van der Waals surface area contributed by atoms with Crippen LogP contribution in [0.5, 0.6) is 0 Å². The highest BCUT2D eigenvalue weighted by Crippen LogP contribution is 2.55. The van der Waals surface area contributed by atoms with E-state index < -0.39 is 0 Å². The zero-order chi connectivity index (χ0) is 68.2. The van der Waals surface area contributed by atoms with Gasteiger partial charge in [0.15, 0.2) is 0 Å². The Kier molecular flexibility index (Phi) is 11.8. The molecule has 0 atom stereocenters. The summed E-state index contributed by atoms with van der Waals surface area (Å²) in [5.74, 6) is 0. The minimum Gasteiger partial charge on any atom is -0.317 e. The van der Waals surface area contributed by atoms with E-state index in [1.165, 1.54) is 21.5 Å². The van der Waals surface area contributed by atoms with Crippen LogP contribution in [0, 0.1) is 17.9 Å². The van der Waals surface area contributed by atoms with Gasteiger partial charge in [0.25, 0.3) is 0 Å². The fraction of sp³-hybridized carbons (Fsp3) is 0. The average Bonchev–Trinajstić information content (AvgIpc) is 1.50. The van der Waals surface area contributed by atoms with Crippen molar-refractivity contribution >= 4 is 199 Å². The molecule has 0 spiro atoms. The fourth-order valence-corrected chi connectivity index (χ4v) is 20.5. The van der Waals surface area contributed by atoms with Crippen LogP contribution >= 0.6 is 22.7 Å². The fourth-order valence-electron chi connectivity index (χ4n) is 18.0. The molecule has 6 aromatic heterocycles. The summed E-state index contributed by atoms with van der Waals surface area (Å²) >= 11 is 3.57.